The van der Waals surface area contributed by atoms with Crippen molar-refractivity contribution in [2.24, 2.45) is 0 Å². The Bertz CT molecular complexity index is 368. The monoisotopic (exact) mass is 231 g/mol. The molecule has 1 aromatic carbocycles. The number of carbonyl (C=O) groups is 1. The second kappa shape index (κ2) is 5.09. The van der Waals surface area contributed by atoms with Crippen molar-refractivity contribution in [2.45, 2.75) is 13.0 Å². The molecule has 0 heterocycles. The largest absolute Gasteiger partial charge is 0.392 e. The minimum atomic E-state index is -0.748. The van der Waals surface area contributed by atoms with Crippen LogP contribution in [0, 0.1) is 5.82 Å². The van der Waals surface area contributed by atoms with Gasteiger partial charge in [0.2, 0.25) is 0 Å². The fraction of sp³-hybridized carbons (Fsp3) is 0.300. The van der Waals surface area contributed by atoms with Gasteiger partial charge in [0, 0.05) is 6.54 Å². The van der Waals surface area contributed by atoms with Crippen LogP contribution in [0.2, 0.25) is 5.02 Å². The average molecular weight is 232 g/mol. The highest BCUT2D eigenvalue weighted by Crippen LogP contribution is 2.17. The van der Waals surface area contributed by atoms with Crippen LogP contribution in [0.5, 0.6) is 0 Å². The van der Waals surface area contributed by atoms with E-state index in [-0.39, 0.29) is 17.1 Å². The molecule has 3 nitrogen and oxygen atoms in total. The first-order valence-corrected chi connectivity index (χ1v) is 4.80. The van der Waals surface area contributed by atoms with Crippen molar-refractivity contribution < 1.29 is 14.3 Å². The number of carbonyl (C=O) groups excluding carboxylic acids is 1. The molecule has 1 rings (SSSR count). The summed E-state index contributed by atoms with van der Waals surface area (Å²) in [6, 6.07) is 4.18. The summed E-state index contributed by atoms with van der Waals surface area (Å²) in [7, 11) is 0. The van der Waals surface area contributed by atoms with Crippen LogP contribution in [0.15, 0.2) is 18.2 Å². The van der Waals surface area contributed by atoms with E-state index >= 15 is 0 Å². The van der Waals surface area contributed by atoms with Crippen molar-refractivity contribution in [3.05, 3.63) is 34.6 Å². The molecule has 0 aliphatic heterocycles. The molecule has 0 aliphatic carbocycles. The van der Waals surface area contributed by atoms with Gasteiger partial charge in [-0.05, 0) is 19.1 Å². The Morgan fingerprint density at radius 3 is 2.93 bits per heavy atom. The number of hydrogen-bond acceptors (Lipinski definition) is 2. The minimum Gasteiger partial charge on any atom is -0.392 e. The standard InChI is InChI=1S/C10H11ClFNO2/c1-6(14)5-13-10(15)7-3-2-4-8(11)9(7)12/h2-4,6,14H,5H2,1H3,(H,13,15)/t6-/m0/s1. The van der Waals surface area contributed by atoms with Crippen LogP contribution >= 0.6 is 11.6 Å². The third-order valence-electron chi connectivity index (χ3n) is 1.75. The lowest BCUT2D eigenvalue weighted by molar-refractivity contribution is 0.0920. The number of rotatable bonds is 3. The van der Waals surface area contributed by atoms with Crippen LogP contribution in [0.3, 0.4) is 0 Å². The van der Waals surface area contributed by atoms with E-state index in [2.05, 4.69) is 5.32 Å². The predicted molar refractivity (Wildman–Crippen MR) is 55.4 cm³/mol. The minimum absolute atomic E-state index is 0.0742. The highest BCUT2D eigenvalue weighted by atomic mass is 35.5. The molecule has 0 saturated carbocycles. The van der Waals surface area contributed by atoms with E-state index in [0.717, 1.165) is 0 Å². The molecular formula is C10H11ClFNO2. The van der Waals surface area contributed by atoms with Gasteiger partial charge in [-0.1, -0.05) is 17.7 Å². The van der Waals surface area contributed by atoms with Crippen LogP contribution < -0.4 is 5.32 Å². The Balaban J connectivity index is 2.78. The van der Waals surface area contributed by atoms with Crippen molar-refractivity contribution in [3.63, 3.8) is 0 Å². The Kier molecular flexibility index (Phi) is 4.05. The fourth-order valence-corrected chi connectivity index (χ4v) is 1.19. The van der Waals surface area contributed by atoms with Crippen LogP contribution in [0.4, 0.5) is 4.39 Å². The number of nitrogens with one attached hydrogen (secondary N) is 1. The van der Waals surface area contributed by atoms with Gasteiger partial charge < -0.3 is 10.4 Å². The molecule has 1 aromatic rings. The summed E-state index contributed by atoms with van der Waals surface area (Å²) in [5.41, 5.74) is -0.122. The summed E-state index contributed by atoms with van der Waals surface area (Å²) in [5.74, 6) is -1.34. The Morgan fingerprint density at radius 1 is 1.67 bits per heavy atom. The van der Waals surface area contributed by atoms with Gasteiger partial charge in [0.25, 0.3) is 5.91 Å². The zero-order valence-corrected chi connectivity index (χ0v) is 8.88. The number of aliphatic hydroxyl groups excluding tert-OH is 1. The van der Waals surface area contributed by atoms with Crippen molar-refractivity contribution in [1.29, 1.82) is 0 Å². The molecule has 1 atom stereocenters. The lowest BCUT2D eigenvalue weighted by Gasteiger charge is -2.08. The Hall–Kier alpha value is -1.13. The van der Waals surface area contributed by atoms with E-state index in [1.165, 1.54) is 25.1 Å². The molecule has 0 saturated heterocycles. The van der Waals surface area contributed by atoms with Gasteiger partial charge >= 0.3 is 0 Å². The molecule has 0 aromatic heterocycles. The SMILES string of the molecule is C[C@H](O)CNC(=O)c1cccc(Cl)c1F. The van der Waals surface area contributed by atoms with Crippen LogP contribution in [0.1, 0.15) is 17.3 Å². The van der Waals surface area contributed by atoms with Crippen molar-refractivity contribution in [1.82, 2.24) is 5.32 Å². The average Bonchev–Trinajstić information content (AvgIpc) is 2.18. The van der Waals surface area contributed by atoms with Crippen LogP contribution in [-0.4, -0.2) is 23.7 Å². The van der Waals surface area contributed by atoms with Crippen LogP contribution in [-0.2, 0) is 0 Å². The first-order valence-electron chi connectivity index (χ1n) is 4.42. The number of hydrogen-bond donors (Lipinski definition) is 2. The molecule has 2 N–H and O–H groups in total. The maximum absolute atomic E-state index is 13.3. The Morgan fingerprint density at radius 2 is 2.33 bits per heavy atom. The molecule has 5 heteroatoms. The van der Waals surface area contributed by atoms with Crippen LogP contribution in [0.25, 0.3) is 0 Å². The number of halogens is 2. The first-order chi connectivity index (χ1) is 7.02. The topological polar surface area (TPSA) is 49.3 Å². The van der Waals surface area contributed by atoms with Gasteiger partial charge in [-0.2, -0.15) is 0 Å². The smallest absolute Gasteiger partial charge is 0.254 e. The summed E-state index contributed by atoms with van der Waals surface area (Å²) >= 11 is 5.52. The van der Waals surface area contributed by atoms with Crippen molar-refractivity contribution in [2.75, 3.05) is 6.54 Å². The summed E-state index contributed by atoms with van der Waals surface area (Å²) in [5, 5.41) is 11.2. The number of aliphatic hydroxyl groups is 1. The van der Waals surface area contributed by atoms with Gasteiger partial charge in [-0.15, -0.1) is 0 Å². The summed E-state index contributed by atoms with van der Waals surface area (Å²) in [4.78, 5) is 11.4. The molecule has 0 unspecified atom stereocenters. The van der Waals surface area contributed by atoms with Gasteiger partial charge in [0.15, 0.2) is 5.82 Å². The van der Waals surface area contributed by atoms with E-state index in [1.54, 1.807) is 0 Å². The van der Waals surface area contributed by atoms with Gasteiger partial charge in [-0.25, -0.2) is 4.39 Å². The highest BCUT2D eigenvalue weighted by molar-refractivity contribution is 6.31. The van der Waals surface area contributed by atoms with Gasteiger partial charge in [-0.3, -0.25) is 4.79 Å². The number of amides is 1. The summed E-state index contributed by atoms with van der Waals surface area (Å²) < 4.78 is 13.3. The van der Waals surface area contributed by atoms with E-state index in [9.17, 15) is 9.18 Å². The molecular weight excluding hydrogens is 221 g/mol. The van der Waals surface area contributed by atoms with E-state index in [4.69, 9.17) is 16.7 Å². The van der Waals surface area contributed by atoms with Gasteiger partial charge in [0.1, 0.15) is 0 Å². The molecule has 0 radical (unpaired) electrons. The second-order valence-electron chi connectivity index (χ2n) is 3.16. The molecule has 0 aliphatic rings. The summed E-state index contributed by atoms with van der Waals surface area (Å²) in [6.45, 7) is 1.60. The quantitative estimate of drug-likeness (QED) is 0.830. The summed E-state index contributed by atoms with van der Waals surface area (Å²) in [6.07, 6.45) is -0.670. The predicted octanol–water partition coefficient (Wildman–Crippen LogP) is 1.59. The first kappa shape index (κ1) is 11.9. The van der Waals surface area contributed by atoms with E-state index in [1.807, 2.05) is 0 Å². The zero-order chi connectivity index (χ0) is 11.4. The maximum Gasteiger partial charge on any atom is 0.254 e. The highest BCUT2D eigenvalue weighted by Gasteiger charge is 2.13. The number of benzene rings is 1. The molecule has 0 fully saturated rings. The molecule has 15 heavy (non-hydrogen) atoms. The third kappa shape index (κ3) is 3.18. The normalized spacial score (nSPS) is 12.3. The maximum atomic E-state index is 13.3. The molecule has 0 spiro atoms. The van der Waals surface area contributed by atoms with Gasteiger partial charge in [0.05, 0.1) is 16.7 Å². The molecule has 0 bridgehead atoms. The van der Waals surface area contributed by atoms with E-state index in [0.29, 0.717) is 0 Å². The molecule has 82 valence electrons. The van der Waals surface area contributed by atoms with E-state index < -0.39 is 17.8 Å². The van der Waals surface area contributed by atoms with Crippen molar-refractivity contribution >= 4 is 17.5 Å². The Labute approximate surface area is 91.9 Å². The third-order valence-corrected chi connectivity index (χ3v) is 2.05. The second-order valence-corrected chi connectivity index (χ2v) is 3.57. The van der Waals surface area contributed by atoms with Crippen molar-refractivity contribution in [3.8, 4) is 0 Å². The lowest BCUT2D eigenvalue weighted by atomic mass is 10.2. The fourth-order valence-electron chi connectivity index (χ4n) is 1.01. The zero-order valence-electron chi connectivity index (χ0n) is 8.13. The molecule has 1 amide bonds. The lowest BCUT2D eigenvalue weighted by Crippen LogP contribution is -2.31.